The molecule has 0 spiro atoms. The van der Waals surface area contributed by atoms with Gasteiger partial charge in [0, 0.05) is 13.3 Å². The number of aliphatic carboxylic acids is 1. The fourth-order valence-electron chi connectivity index (χ4n) is 2.21. The maximum Gasteiger partial charge on any atom is 0.364 e. The van der Waals surface area contributed by atoms with Crippen molar-refractivity contribution in [2.24, 2.45) is 5.73 Å². The van der Waals surface area contributed by atoms with E-state index in [9.17, 15) is 30.0 Å². The van der Waals surface area contributed by atoms with Crippen molar-refractivity contribution in [2.45, 2.75) is 55.8 Å². The molecule has 11 heteroatoms. The molecule has 1 heterocycles. The molecule has 2 unspecified atom stereocenters. The Balaban J connectivity index is 3.11. The minimum absolute atomic E-state index is 0.631. The molecule has 22 heavy (non-hydrogen) atoms. The van der Waals surface area contributed by atoms with Crippen LogP contribution in [0.5, 0.6) is 0 Å². The zero-order valence-corrected chi connectivity index (χ0v) is 11.7. The lowest BCUT2D eigenvalue weighted by Crippen LogP contribution is -2.68. The van der Waals surface area contributed by atoms with Gasteiger partial charge in [0.1, 0.15) is 24.5 Å². The molecule has 9 N–H and O–H groups in total. The van der Waals surface area contributed by atoms with Gasteiger partial charge in [0.25, 0.3) is 5.79 Å². The number of ether oxygens (including phenoxy) is 1. The molecule has 7 atom stereocenters. The minimum Gasteiger partial charge on any atom is -0.477 e. The van der Waals surface area contributed by atoms with Crippen molar-refractivity contribution in [1.82, 2.24) is 5.32 Å². The summed E-state index contributed by atoms with van der Waals surface area (Å²) in [7, 11) is 0. The Labute approximate surface area is 124 Å². The SMILES string of the molecule is CC(=O)N[C@@H]1[C@@H](O)C[C@](O)(C(=O)O)O[C@H]1C(O)[C@H](O)C(N)O. The summed E-state index contributed by atoms with van der Waals surface area (Å²) in [6.07, 6.45) is -9.96. The fraction of sp³-hybridized carbons (Fsp3) is 0.818. The minimum atomic E-state index is -2.83. The summed E-state index contributed by atoms with van der Waals surface area (Å²) in [4.78, 5) is 22.2. The van der Waals surface area contributed by atoms with E-state index in [-0.39, 0.29) is 0 Å². The highest BCUT2D eigenvalue weighted by Gasteiger charge is 2.54. The lowest BCUT2D eigenvalue weighted by atomic mass is 9.88. The van der Waals surface area contributed by atoms with Gasteiger partial charge in [-0.05, 0) is 0 Å². The van der Waals surface area contributed by atoms with Gasteiger partial charge in [0.15, 0.2) is 0 Å². The van der Waals surface area contributed by atoms with Crippen LogP contribution >= 0.6 is 0 Å². The number of nitrogens with one attached hydrogen (secondary N) is 1. The number of carboxylic acids is 1. The molecule has 1 rings (SSSR count). The summed E-state index contributed by atoms with van der Waals surface area (Å²) in [5.74, 6) is -5.29. The van der Waals surface area contributed by atoms with E-state index in [1.54, 1.807) is 0 Å². The van der Waals surface area contributed by atoms with Crippen molar-refractivity contribution in [3.8, 4) is 0 Å². The summed E-state index contributed by atoms with van der Waals surface area (Å²) in [6.45, 7) is 1.10. The third-order valence-corrected chi connectivity index (χ3v) is 3.33. The number of nitrogens with two attached hydrogens (primary N) is 1. The molecule has 0 aromatic carbocycles. The van der Waals surface area contributed by atoms with Crippen LogP contribution in [0.15, 0.2) is 0 Å². The van der Waals surface area contributed by atoms with Crippen LogP contribution in [-0.4, -0.2) is 85.0 Å². The van der Waals surface area contributed by atoms with E-state index in [0.717, 1.165) is 6.92 Å². The van der Waals surface area contributed by atoms with E-state index >= 15 is 0 Å². The highest BCUT2D eigenvalue weighted by Crippen LogP contribution is 2.30. The van der Waals surface area contributed by atoms with Crippen LogP contribution in [-0.2, 0) is 14.3 Å². The fourth-order valence-corrected chi connectivity index (χ4v) is 2.21. The predicted molar refractivity (Wildman–Crippen MR) is 67.9 cm³/mol. The molecule has 11 nitrogen and oxygen atoms in total. The van der Waals surface area contributed by atoms with E-state index in [0.29, 0.717) is 0 Å². The molecule has 1 aliphatic rings. The van der Waals surface area contributed by atoms with Crippen molar-refractivity contribution in [3.63, 3.8) is 0 Å². The number of carbonyl (C=O) groups excluding carboxylic acids is 1. The predicted octanol–water partition coefficient (Wildman–Crippen LogP) is -4.59. The number of amides is 1. The molecule has 1 fully saturated rings. The van der Waals surface area contributed by atoms with Gasteiger partial charge in [-0.1, -0.05) is 0 Å². The van der Waals surface area contributed by atoms with Crippen molar-refractivity contribution < 1.29 is 45.0 Å². The highest BCUT2D eigenvalue weighted by molar-refractivity contribution is 5.76. The molecule has 128 valence electrons. The van der Waals surface area contributed by atoms with Crippen molar-refractivity contribution >= 4 is 11.9 Å². The largest absolute Gasteiger partial charge is 0.477 e. The topological polar surface area (TPSA) is 203 Å². The molecule has 0 aromatic heterocycles. The average molecular weight is 324 g/mol. The van der Waals surface area contributed by atoms with Gasteiger partial charge in [-0.3, -0.25) is 4.79 Å². The number of carbonyl (C=O) groups is 2. The first-order valence-corrected chi connectivity index (χ1v) is 6.38. The monoisotopic (exact) mass is 324 g/mol. The molecule has 0 saturated carbocycles. The maximum atomic E-state index is 11.1. The number of rotatable bonds is 5. The van der Waals surface area contributed by atoms with Gasteiger partial charge in [-0.25, -0.2) is 4.79 Å². The first-order valence-electron chi connectivity index (χ1n) is 6.38. The lowest BCUT2D eigenvalue weighted by Gasteiger charge is -2.44. The molecule has 0 radical (unpaired) electrons. The summed E-state index contributed by atoms with van der Waals surface area (Å²) >= 11 is 0. The Morgan fingerprint density at radius 3 is 2.32 bits per heavy atom. The Hall–Kier alpha value is -1.34. The second-order valence-electron chi connectivity index (χ2n) is 5.14. The second-order valence-corrected chi connectivity index (χ2v) is 5.14. The van der Waals surface area contributed by atoms with Crippen LogP contribution in [0.25, 0.3) is 0 Å². The van der Waals surface area contributed by atoms with Crippen LogP contribution in [0.1, 0.15) is 13.3 Å². The quantitative estimate of drug-likeness (QED) is 0.227. The summed E-state index contributed by atoms with van der Waals surface area (Å²) in [5.41, 5.74) is 5.01. The van der Waals surface area contributed by atoms with Crippen LogP contribution in [0, 0.1) is 0 Å². The lowest BCUT2D eigenvalue weighted by molar-refractivity contribution is -0.296. The van der Waals surface area contributed by atoms with Crippen molar-refractivity contribution in [3.05, 3.63) is 0 Å². The van der Waals surface area contributed by atoms with E-state index in [1.807, 2.05) is 0 Å². The number of hydrogen-bond donors (Lipinski definition) is 8. The van der Waals surface area contributed by atoms with E-state index < -0.39 is 60.8 Å². The second kappa shape index (κ2) is 6.83. The Bertz CT molecular complexity index is 432. The average Bonchev–Trinajstić information content (AvgIpc) is 2.39. The third kappa shape index (κ3) is 3.89. The maximum absolute atomic E-state index is 11.1. The number of aliphatic hydroxyl groups excluding tert-OH is 4. The molecule has 1 saturated heterocycles. The number of aliphatic hydroxyl groups is 5. The van der Waals surface area contributed by atoms with Crippen LogP contribution in [0.2, 0.25) is 0 Å². The van der Waals surface area contributed by atoms with E-state index in [1.165, 1.54) is 0 Å². The molecule has 0 aliphatic carbocycles. The summed E-state index contributed by atoms with van der Waals surface area (Å²) in [5, 5.41) is 59.5. The van der Waals surface area contributed by atoms with Gasteiger partial charge < -0.3 is 46.4 Å². The van der Waals surface area contributed by atoms with Crippen molar-refractivity contribution in [1.29, 1.82) is 0 Å². The Morgan fingerprint density at radius 1 is 1.36 bits per heavy atom. The van der Waals surface area contributed by atoms with Gasteiger partial charge >= 0.3 is 5.97 Å². The van der Waals surface area contributed by atoms with Crippen LogP contribution in [0.3, 0.4) is 0 Å². The van der Waals surface area contributed by atoms with Gasteiger partial charge in [-0.2, -0.15) is 0 Å². The summed E-state index contributed by atoms with van der Waals surface area (Å²) < 4.78 is 4.86. The molecule has 0 aromatic rings. The first kappa shape index (κ1) is 18.7. The van der Waals surface area contributed by atoms with Gasteiger partial charge in [0.2, 0.25) is 5.91 Å². The molecule has 1 amide bonds. The molecular weight excluding hydrogens is 304 g/mol. The van der Waals surface area contributed by atoms with Crippen LogP contribution in [0.4, 0.5) is 0 Å². The van der Waals surface area contributed by atoms with Gasteiger partial charge in [-0.15, -0.1) is 0 Å². The zero-order valence-electron chi connectivity index (χ0n) is 11.7. The normalized spacial score (nSPS) is 36.2. The van der Waals surface area contributed by atoms with Crippen molar-refractivity contribution in [2.75, 3.05) is 0 Å². The standard InChI is InChI=1S/C11H20N2O9/c1-3(14)13-5-4(15)2-11(21,10(19)20)22-8(5)6(16)7(17)9(12)18/h4-9,15-18,21H,2,12H2,1H3,(H,13,14)(H,19,20)/t4-,5+,6?,7-,8+,9?,11+/m0/s1. The Morgan fingerprint density at radius 2 is 1.91 bits per heavy atom. The molecular formula is C11H20N2O9. The van der Waals surface area contributed by atoms with E-state index in [2.05, 4.69) is 5.32 Å². The number of hydrogen-bond acceptors (Lipinski definition) is 9. The molecule has 0 bridgehead atoms. The first-order chi connectivity index (χ1) is 9.99. The third-order valence-electron chi connectivity index (χ3n) is 3.33. The van der Waals surface area contributed by atoms with Gasteiger partial charge in [0.05, 0.1) is 12.1 Å². The number of carboxylic acid groups (broad SMARTS) is 1. The highest BCUT2D eigenvalue weighted by atomic mass is 16.7. The molecule has 1 aliphatic heterocycles. The smallest absolute Gasteiger partial charge is 0.364 e. The zero-order chi connectivity index (χ0) is 17.2. The summed E-state index contributed by atoms with van der Waals surface area (Å²) in [6, 6.07) is -1.33. The van der Waals surface area contributed by atoms with E-state index in [4.69, 9.17) is 20.7 Å². The Kier molecular flexibility index (Phi) is 5.81. The van der Waals surface area contributed by atoms with Crippen LogP contribution < -0.4 is 11.1 Å².